The number of hydrogen-bond donors (Lipinski definition) is 2. The van der Waals surface area contributed by atoms with E-state index in [2.05, 4.69) is 15.0 Å². The van der Waals surface area contributed by atoms with Crippen LogP contribution < -0.4 is 10.0 Å². The van der Waals surface area contributed by atoms with Gasteiger partial charge >= 0.3 is 0 Å². The molecule has 160 valence electrons. The minimum atomic E-state index is -3.32. The topological polar surface area (TPSA) is 120 Å². The summed E-state index contributed by atoms with van der Waals surface area (Å²) in [5.74, 6) is 0.681. The van der Waals surface area contributed by atoms with Gasteiger partial charge in [-0.3, -0.25) is 4.99 Å². The maximum Gasteiger partial charge on any atom is 0.216 e. The van der Waals surface area contributed by atoms with Crippen molar-refractivity contribution in [3.63, 3.8) is 0 Å². The van der Waals surface area contributed by atoms with Crippen molar-refractivity contribution < 1.29 is 21.6 Å². The maximum atomic E-state index is 12.4. The third-order valence-electron chi connectivity index (χ3n) is 3.94. The molecular formula is C15H33N5O5S2. The summed E-state index contributed by atoms with van der Waals surface area (Å²) in [4.78, 5) is 6.22. The standard InChI is InChI=1S/C15H33N5O5S2/c1-14(2)25-12-13-27(23,24)20-10-8-19(9-11-20)15(16-3)17-6-5-7-18-26(4,21)22/h14,18H,5-13H2,1-4H3,(H,16,17). The number of sulfonamides is 2. The lowest BCUT2D eigenvalue weighted by molar-refractivity contribution is 0.0904. The summed E-state index contributed by atoms with van der Waals surface area (Å²) in [5, 5.41) is 3.18. The Kier molecular flexibility index (Phi) is 9.95. The summed E-state index contributed by atoms with van der Waals surface area (Å²) in [5.41, 5.74) is 0. The summed E-state index contributed by atoms with van der Waals surface area (Å²) in [6.07, 6.45) is 1.76. The van der Waals surface area contributed by atoms with Crippen LogP contribution in [0, 0.1) is 0 Å². The Balaban J connectivity index is 2.38. The van der Waals surface area contributed by atoms with Gasteiger partial charge in [-0.25, -0.2) is 21.6 Å². The van der Waals surface area contributed by atoms with Crippen LogP contribution in [0.3, 0.4) is 0 Å². The molecule has 0 radical (unpaired) electrons. The second-order valence-corrected chi connectivity index (χ2v) is 10.5. The van der Waals surface area contributed by atoms with E-state index in [1.54, 1.807) is 7.05 Å². The van der Waals surface area contributed by atoms with Gasteiger partial charge in [-0.2, -0.15) is 4.31 Å². The zero-order valence-electron chi connectivity index (χ0n) is 16.6. The van der Waals surface area contributed by atoms with Gasteiger partial charge in [0.1, 0.15) is 0 Å². The molecule has 0 bridgehead atoms. The predicted octanol–water partition coefficient (Wildman–Crippen LogP) is -1.13. The zero-order valence-corrected chi connectivity index (χ0v) is 18.3. The highest BCUT2D eigenvalue weighted by molar-refractivity contribution is 7.89. The molecule has 0 aliphatic carbocycles. The summed E-state index contributed by atoms with van der Waals surface area (Å²) < 4.78 is 56.0. The maximum absolute atomic E-state index is 12.4. The van der Waals surface area contributed by atoms with Crippen LogP contribution in [0.4, 0.5) is 0 Å². The number of ether oxygens (including phenoxy) is 1. The van der Waals surface area contributed by atoms with Crippen molar-refractivity contribution in [2.75, 3.05) is 64.9 Å². The van der Waals surface area contributed by atoms with Crippen LogP contribution in [0.2, 0.25) is 0 Å². The number of nitrogens with zero attached hydrogens (tertiary/aromatic N) is 3. The van der Waals surface area contributed by atoms with Crippen LogP contribution in [-0.2, 0) is 24.8 Å². The number of rotatable bonds is 10. The smallest absolute Gasteiger partial charge is 0.216 e. The Bertz CT molecular complexity index is 671. The van der Waals surface area contributed by atoms with E-state index in [0.29, 0.717) is 51.6 Å². The molecule has 2 N–H and O–H groups in total. The molecule has 27 heavy (non-hydrogen) atoms. The van der Waals surface area contributed by atoms with E-state index in [-0.39, 0.29) is 18.5 Å². The number of guanidine groups is 1. The second kappa shape index (κ2) is 11.1. The molecule has 1 aliphatic heterocycles. The van der Waals surface area contributed by atoms with Gasteiger partial charge in [-0.1, -0.05) is 0 Å². The van der Waals surface area contributed by atoms with Gasteiger partial charge in [-0.15, -0.1) is 0 Å². The molecule has 12 heteroatoms. The molecule has 1 fully saturated rings. The predicted molar refractivity (Wildman–Crippen MR) is 107 cm³/mol. The third-order valence-corrected chi connectivity index (χ3v) is 6.50. The first kappa shape index (κ1) is 24.1. The number of piperazine rings is 1. The lowest BCUT2D eigenvalue weighted by atomic mass is 10.4. The van der Waals surface area contributed by atoms with E-state index in [4.69, 9.17) is 4.74 Å². The van der Waals surface area contributed by atoms with E-state index in [9.17, 15) is 16.8 Å². The summed E-state index contributed by atoms with van der Waals surface area (Å²) in [6.45, 7) is 6.78. The SMILES string of the molecule is CN=C(NCCCNS(C)(=O)=O)N1CCN(S(=O)(=O)CCOC(C)C)CC1. The fourth-order valence-corrected chi connectivity index (χ4v) is 4.37. The molecule has 1 rings (SSSR count). The van der Waals surface area contributed by atoms with Crippen LogP contribution in [0.15, 0.2) is 4.99 Å². The molecule has 0 spiro atoms. The van der Waals surface area contributed by atoms with E-state index >= 15 is 0 Å². The number of aliphatic imine (C=N–C) groups is 1. The van der Waals surface area contributed by atoms with Gasteiger partial charge in [0.2, 0.25) is 20.0 Å². The van der Waals surface area contributed by atoms with Crippen LogP contribution in [0.5, 0.6) is 0 Å². The Labute approximate surface area is 163 Å². The van der Waals surface area contributed by atoms with Gasteiger partial charge in [0, 0.05) is 46.3 Å². The van der Waals surface area contributed by atoms with E-state index < -0.39 is 20.0 Å². The fraction of sp³-hybridized carbons (Fsp3) is 0.933. The number of hydrogen-bond acceptors (Lipinski definition) is 6. The molecule has 1 saturated heterocycles. The van der Waals surface area contributed by atoms with E-state index in [0.717, 1.165) is 6.26 Å². The lowest BCUT2D eigenvalue weighted by Gasteiger charge is -2.35. The van der Waals surface area contributed by atoms with Crippen molar-refractivity contribution in [3.05, 3.63) is 0 Å². The molecular weight excluding hydrogens is 394 g/mol. The molecule has 1 aliphatic rings. The highest BCUT2D eigenvalue weighted by atomic mass is 32.2. The molecule has 0 unspecified atom stereocenters. The van der Waals surface area contributed by atoms with Gasteiger partial charge in [0.05, 0.1) is 24.7 Å². The molecule has 0 amide bonds. The third kappa shape index (κ3) is 9.70. The Morgan fingerprint density at radius 3 is 2.26 bits per heavy atom. The minimum absolute atomic E-state index is 0.00844. The molecule has 0 saturated carbocycles. The molecule has 0 atom stereocenters. The summed E-state index contributed by atoms with van der Waals surface area (Å²) >= 11 is 0. The minimum Gasteiger partial charge on any atom is -0.378 e. The van der Waals surface area contributed by atoms with Crippen LogP contribution in [0.25, 0.3) is 0 Å². The lowest BCUT2D eigenvalue weighted by Crippen LogP contribution is -2.54. The highest BCUT2D eigenvalue weighted by Gasteiger charge is 2.27. The second-order valence-electron chi connectivity index (χ2n) is 6.62. The molecule has 0 aromatic heterocycles. The normalized spacial score (nSPS) is 17.5. The first-order chi connectivity index (χ1) is 12.5. The molecule has 1 heterocycles. The van der Waals surface area contributed by atoms with Gasteiger partial charge in [0.25, 0.3) is 0 Å². The summed E-state index contributed by atoms with van der Waals surface area (Å²) in [7, 11) is -4.82. The van der Waals surface area contributed by atoms with Crippen LogP contribution >= 0.6 is 0 Å². The quantitative estimate of drug-likeness (QED) is 0.257. The van der Waals surface area contributed by atoms with Gasteiger partial charge in [0.15, 0.2) is 5.96 Å². The Morgan fingerprint density at radius 1 is 1.11 bits per heavy atom. The zero-order chi connectivity index (χ0) is 20.5. The Hall–Kier alpha value is -0.950. The molecule has 0 aromatic rings. The largest absolute Gasteiger partial charge is 0.378 e. The van der Waals surface area contributed by atoms with Gasteiger partial charge in [-0.05, 0) is 20.3 Å². The van der Waals surface area contributed by atoms with Crippen LogP contribution in [-0.4, -0.2) is 103 Å². The Morgan fingerprint density at radius 2 is 1.74 bits per heavy atom. The highest BCUT2D eigenvalue weighted by Crippen LogP contribution is 2.09. The van der Waals surface area contributed by atoms with Crippen molar-refractivity contribution in [1.82, 2.24) is 19.2 Å². The van der Waals surface area contributed by atoms with Crippen molar-refractivity contribution in [2.24, 2.45) is 4.99 Å². The molecule has 0 aromatic carbocycles. The summed E-state index contributed by atoms with van der Waals surface area (Å²) in [6, 6.07) is 0. The van der Waals surface area contributed by atoms with Gasteiger partial charge < -0.3 is 15.0 Å². The fourth-order valence-electron chi connectivity index (χ4n) is 2.57. The van der Waals surface area contributed by atoms with Crippen LogP contribution in [0.1, 0.15) is 20.3 Å². The number of nitrogens with one attached hydrogen (secondary N) is 2. The molecule has 10 nitrogen and oxygen atoms in total. The first-order valence-corrected chi connectivity index (χ1v) is 12.5. The van der Waals surface area contributed by atoms with E-state index in [1.807, 2.05) is 18.7 Å². The van der Waals surface area contributed by atoms with Crippen molar-refractivity contribution >= 4 is 26.0 Å². The average Bonchev–Trinajstić information content (AvgIpc) is 2.57. The monoisotopic (exact) mass is 427 g/mol. The first-order valence-electron chi connectivity index (χ1n) is 9.05. The van der Waals surface area contributed by atoms with Crippen molar-refractivity contribution in [3.8, 4) is 0 Å². The van der Waals surface area contributed by atoms with Crippen molar-refractivity contribution in [2.45, 2.75) is 26.4 Å². The van der Waals surface area contributed by atoms with Crippen molar-refractivity contribution in [1.29, 1.82) is 0 Å². The van der Waals surface area contributed by atoms with E-state index in [1.165, 1.54) is 4.31 Å². The average molecular weight is 428 g/mol.